The van der Waals surface area contributed by atoms with Gasteiger partial charge in [0.2, 0.25) is 0 Å². The number of hydrogen-bond acceptors (Lipinski definition) is 8. The molecule has 3 aromatic rings. The van der Waals surface area contributed by atoms with Crippen molar-refractivity contribution in [3.63, 3.8) is 0 Å². The first-order chi connectivity index (χ1) is 14.4. The fourth-order valence-electron chi connectivity index (χ4n) is 3.59. The van der Waals surface area contributed by atoms with Crippen molar-refractivity contribution in [2.75, 3.05) is 55.9 Å². The van der Waals surface area contributed by atoms with Gasteiger partial charge in [-0.05, 0) is 18.2 Å². The van der Waals surface area contributed by atoms with Gasteiger partial charge in [-0.3, -0.25) is 9.88 Å². The number of ether oxygens (including phenoxy) is 2. The van der Waals surface area contributed by atoms with Crippen LogP contribution in [-0.4, -0.2) is 61.0 Å². The molecule has 0 atom stereocenters. The molecule has 29 heavy (non-hydrogen) atoms. The first-order valence-electron chi connectivity index (χ1n) is 9.78. The highest BCUT2D eigenvalue weighted by atomic mass is 32.1. The van der Waals surface area contributed by atoms with Crippen LogP contribution in [0.25, 0.3) is 10.2 Å². The number of thiazole rings is 1. The predicted molar refractivity (Wildman–Crippen MR) is 116 cm³/mol. The van der Waals surface area contributed by atoms with E-state index in [0.29, 0.717) is 6.61 Å². The number of rotatable bonds is 6. The summed E-state index contributed by atoms with van der Waals surface area (Å²) >= 11 is 1.66. The van der Waals surface area contributed by atoms with E-state index in [9.17, 15) is 0 Å². The maximum absolute atomic E-state index is 6.12. The molecule has 2 aliphatic rings. The van der Waals surface area contributed by atoms with E-state index in [1.807, 2.05) is 17.8 Å². The van der Waals surface area contributed by atoms with Crippen LogP contribution in [0.3, 0.4) is 0 Å². The SMILES string of the molecule is C1=CN(c2cnccc2OCCN2CCOCC2)CN1c1ccc2ncsc2c1. The van der Waals surface area contributed by atoms with Crippen molar-refractivity contribution in [3.8, 4) is 5.75 Å². The zero-order chi connectivity index (χ0) is 19.5. The molecular formula is C21H23N5O2S. The Labute approximate surface area is 173 Å². The number of benzene rings is 1. The van der Waals surface area contributed by atoms with E-state index in [2.05, 4.69) is 55.3 Å². The van der Waals surface area contributed by atoms with E-state index in [-0.39, 0.29) is 0 Å². The molecule has 0 aliphatic carbocycles. The van der Waals surface area contributed by atoms with Crippen LogP contribution in [0.4, 0.5) is 11.4 Å². The van der Waals surface area contributed by atoms with E-state index < -0.39 is 0 Å². The molecule has 7 nitrogen and oxygen atoms in total. The molecule has 4 heterocycles. The lowest BCUT2D eigenvalue weighted by Gasteiger charge is -2.27. The zero-order valence-electron chi connectivity index (χ0n) is 16.1. The van der Waals surface area contributed by atoms with Crippen LogP contribution in [0.5, 0.6) is 5.75 Å². The minimum atomic E-state index is 0.653. The molecule has 5 rings (SSSR count). The van der Waals surface area contributed by atoms with E-state index in [4.69, 9.17) is 9.47 Å². The quantitative estimate of drug-likeness (QED) is 0.620. The van der Waals surface area contributed by atoms with Crippen LogP contribution in [0, 0.1) is 0 Å². The highest BCUT2D eigenvalue weighted by Gasteiger charge is 2.19. The monoisotopic (exact) mass is 409 g/mol. The van der Waals surface area contributed by atoms with Crippen LogP contribution < -0.4 is 14.5 Å². The van der Waals surface area contributed by atoms with Crippen molar-refractivity contribution < 1.29 is 9.47 Å². The molecule has 2 aliphatic heterocycles. The highest BCUT2D eigenvalue weighted by Crippen LogP contribution is 2.32. The second kappa shape index (κ2) is 8.36. The third kappa shape index (κ3) is 4.05. The van der Waals surface area contributed by atoms with Gasteiger partial charge in [0.25, 0.3) is 0 Å². The van der Waals surface area contributed by atoms with E-state index in [1.54, 1.807) is 17.5 Å². The molecule has 150 valence electrons. The zero-order valence-corrected chi connectivity index (χ0v) is 16.9. The van der Waals surface area contributed by atoms with Gasteiger partial charge in [-0.1, -0.05) is 0 Å². The Kier molecular flexibility index (Phi) is 5.29. The summed E-state index contributed by atoms with van der Waals surface area (Å²) < 4.78 is 12.7. The first kappa shape index (κ1) is 18.4. The number of fused-ring (bicyclic) bond motifs is 1. The molecule has 1 saturated heterocycles. The smallest absolute Gasteiger partial charge is 0.146 e. The second-order valence-corrected chi connectivity index (χ2v) is 7.92. The van der Waals surface area contributed by atoms with Gasteiger partial charge in [0.1, 0.15) is 18.0 Å². The maximum atomic E-state index is 6.12. The molecule has 0 N–H and O–H groups in total. The number of anilines is 2. The summed E-state index contributed by atoms with van der Waals surface area (Å²) in [6.45, 7) is 5.84. The van der Waals surface area contributed by atoms with Crippen molar-refractivity contribution in [3.05, 3.63) is 54.6 Å². The van der Waals surface area contributed by atoms with Gasteiger partial charge < -0.3 is 19.3 Å². The normalized spacial score (nSPS) is 17.4. The molecule has 0 amide bonds. The van der Waals surface area contributed by atoms with Crippen molar-refractivity contribution in [2.45, 2.75) is 0 Å². The minimum Gasteiger partial charge on any atom is -0.490 e. The van der Waals surface area contributed by atoms with Crippen LogP contribution in [-0.2, 0) is 4.74 Å². The van der Waals surface area contributed by atoms with Gasteiger partial charge in [0.05, 0.1) is 41.8 Å². The van der Waals surface area contributed by atoms with Crippen molar-refractivity contribution in [1.82, 2.24) is 14.9 Å². The van der Waals surface area contributed by atoms with Crippen molar-refractivity contribution in [1.29, 1.82) is 0 Å². The molecule has 1 aromatic carbocycles. The minimum absolute atomic E-state index is 0.653. The van der Waals surface area contributed by atoms with Gasteiger partial charge in [0.15, 0.2) is 0 Å². The Bertz CT molecular complexity index is 1000. The number of pyridine rings is 1. The van der Waals surface area contributed by atoms with Crippen molar-refractivity contribution in [2.24, 2.45) is 0 Å². The topological polar surface area (TPSA) is 54.0 Å². The fourth-order valence-corrected chi connectivity index (χ4v) is 4.30. The van der Waals surface area contributed by atoms with Gasteiger partial charge in [-0.25, -0.2) is 4.98 Å². The first-order valence-corrected chi connectivity index (χ1v) is 10.7. The highest BCUT2D eigenvalue weighted by molar-refractivity contribution is 7.16. The molecular weight excluding hydrogens is 386 g/mol. The second-order valence-electron chi connectivity index (χ2n) is 7.03. The molecule has 0 saturated carbocycles. The lowest BCUT2D eigenvalue weighted by molar-refractivity contribution is 0.0323. The Morgan fingerprint density at radius 1 is 1.10 bits per heavy atom. The largest absolute Gasteiger partial charge is 0.490 e. The van der Waals surface area contributed by atoms with Crippen LogP contribution in [0.1, 0.15) is 0 Å². The van der Waals surface area contributed by atoms with Crippen LogP contribution in [0.15, 0.2) is 54.6 Å². The lowest BCUT2D eigenvalue weighted by atomic mass is 10.3. The van der Waals surface area contributed by atoms with Crippen LogP contribution >= 0.6 is 11.3 Å². The maximum Gasteiger partial charge on any atom is 0.146 e. The van der Waals surface area contributed by atoms with Gasteiger partial charge in [-0.15, -0.1) is 11.3 Å². The molecule has 0 spiro atoms. The van der Waals surface area contributed by atoms with E-state index in [1.165, 1.54) is 4.70 Å². The third-order valence-electron chi connectivity index (χ3n) is 5.22. The Morgan fingerprint density at radius 3 is 2.93 bits per heavy atom. The molecule has 0 bridgehead atoms. The number of morpholine rings is 1. The fraction of sp³-hybridized carbons (Fsp3) is 0.333. The molecule has 0 unspecified atom stereocenters. The Morgan fingerprint density at radius 2 is 2.00 bits per heavy atom. The summed E-state index contributed by atoms with van der Waals surface area (Å²) in [5.74, 6) is 0.859. The van der Waals surface area contributed by atoms with Crippen LogP contribution in [0.2, 0.25) is 0 Å². The van der Waals surface area contributed by atoms with Gasteiger partial charge in [-0.2, -0.15) is 0 Å². The predicted octanol–water partition coefficient (Wildman–Crippen LogP) is 3.16. The third-order valence-corrected chi connectivity index (χ3v) is 6.01. The molecule has 0 radical (unpaired) electrons. The van der Waals surface area contributed by atoms with Crippen molar-refractivity contribution >= 4 is 32.9 Å². The molecule has 1 fully saturated rings. The Balaban J connectivity index is 1.24. The number of nitrogens with zero attached hydrogens (tertiary/aromatic N) is 5. The average molecular weight is 410 g/mol. The summed E-state index contributed by atoms with van der Waals surface area (Å²) in [7, 11) is 0. The number of hydrogen-bond donors (Lipinski definition) is 0. The summed E-state index contributed by atoms with van der Waals surface area (Å²) in [4.78, 5) is 15.4. The summed E-state index contributed by atoms with van der Waals surface area (Å²) in [6, 6.07) is 8.30. The lowest BCUT2D eigenvalue weighted by Crippen LogP contribution is -2.38. The van der Waals surface area contributed by atoms with Gasteiger partial charge >= 0.3 is 0 Å². The summed E-state index contributed by atoms with van der Waals surface area (Å²) in [5, 5.41) is 0. The molecule has 2 aromatic heterocycles. The Hall–Kier alpha value is -2.68. The summed E-state index contributed by atoms with van der Waals surface area (Å²) in [6.07, 6.45) is 7.81. The molecule has 8 heteroatoms. The summed E-state index contributed by atoms with van der Waals surface area (Å²) in [5.41, 5.74) is 5.06. The van der Waals surface area contributed by atoms with E-state index in [0.717, 1.165) is 62.2 Å². The average Bonchev–Trinajstić information content (AvgIpc) is 3.44. The van der Waals surface area contributed by atoms with E-state index >= 15 is 0 Å². The standard InChI is InChI=1S/C21H23N5O2S/c1-2-18-21(29-15-23-18)13-17(1)25-5-6-26(16-25)19-14-22-4-3-20(19)28-12-9-24-7-10-27-11-8-24/h1-6,13-15H,7-12,16H2. The number of aromatic nitrogens is 2. The van der Waals surface area contributed by atoms with Gasteiger partial charge in [0, 0.05) is 50.0 Å².